The molecule has 1 aliphatic carbocycles. The van der Waals surface area contributed by atoms with Crippen LogP contribution >= 0.6 is 0 Å². The molecule has 0 bridgehead atoms. The third-order valence-corrected chi connectivity index (χ3v) is 3.90. The van der Waals surface area contributed by atoms with Gasteiger partial charge in [0.25, 0.3) is 0 Å². The first-order valence-electron chi connectivity index (χ1n) is 6.06. The van der Waals surface area contributed by atoms with Gasteiger partial charge in [0, 0.05) is 51.7 Å². The molecule has 84 valence electrons. The summed E-state index contributed by atoms with van der Waals surface area (Å²) < 4.78 is 0. The van der Waals surface area contributed by atoms with E-state index < -0.39 is 0 Å². The maximum Gasteiger partial charge on any atom is 0.226 e. The van der Waals surface area contributed by atoms with E-state index in [1.807, 2.05) is 0 Å². The summed E-state index contributed by atoms with van der Waals surface area (Å²) in [4.78, 5) is 16.2. The minimum Gasteiger partial charge on any atom is -0.341 e. The first-order chi connectivity index (χ1) is 7.34. The van der Waals surface area contributed by atoms with Crippen molar-refractivity contribution in [2.24, 2.45) is 11.8 Å². The number of nitrogens with one attached hydrogen (secondary N) is 1. The average molecular weight is 209 g/mol. The first kappa shape index (κ1) is 9.60. The minimum atomic E-state index is 0.424. The molecular formula is C11H19N3O. The number of carbonyl (C=O) groups excluding carboxylic acids is 1. The van der Waals surface area contributed by atoms with Crippen molar-refractivity contribution in [1.29, 1.82) is 0 Å². The highest BCUT2D eigenvalue weighted by Crippen LogP contribution is 2.45. The van der Waals surface area contributed by atoms with Crippen molar-refractivity contribution in [3.63, 3.8) is 0 Å². The van der Waals surface area contributed by atoms with Gasteiger partial charge in [0.15, 0.2) is 0 Å². The van der Waals surface area contributed by atoms with Crippen LogP contribution in [0.1, 0.15) is 6.42 Å². The van der Waals surface area contributed by atoms with E-state index in [9.17, 15) is 4.79 Å². The molecule has 2 saturated heterocycles. The Morgan fingerprint density at radius 3 is 2.73 bits per heavy atom. The molecule has 3 aliphatic rings. The monoisotopic (exact) mass is 209 g/mol. The summed E-state index contributed by atoms with van der Waals surface area (Å²) in [5.41, 5.74) is 0. The maximum absolute atomic E-state index is 11.7. The SMILES string of the molecule is O=C1C2CC2CN1CCN1CCNCC1. The molecule has 4 heteroatoms. The van der Waals surface area contributed by atoms with Crippen molar-refractivity contribution in [3.8, 4) is 0 Å². The average Bonchev–Trinajstić information content (AvgIpc) is 2.98. The molecule has 0 spiro atoms. The van der Waals surface area contributed by atoms with Gasteiger partial charge in [-0.3, -0.25) is 9.69 Å². The van der Waals surface area contributed by atoms with E-state index in [4.69, 9.17) is 0 Å². The van der Waals surface area contributed by atoms with Crippen LogP contribution in [-0.4, -0.2) is 61.5 Å². The van der Waals surface area contributed by atoms with Crippen LogP contribution in [0.15, 0.2) is 0 Å². The summed E-state index contributed by atoms with van der Waals surface area (Å²) in [5.74, 6) is 1.57. The maximum atomic E-state index is 11.7. The van der Waals surface area contributed by atoms with Crippen molar-refractivity contribution in [3.05, 3.63) is 0 Å². The van der Waals surface area contributed by atoms with Crippen LogP contribution < -0.4 is 5.32 Å². The zero-order valence-electron chi connectivity index (χ0n) is 9.11. The Balaban J connectivity index is 1.43. The van der Waals surface area contributed by atoms with Crippen LogP contribution in [0.2, 0.25) is 0 Å². The number of hydrogen-bond donors (Lipinski definition) is 1. The lowest BCUT2D eigenvalue weighted by Crippen LogP contribution is -2.46. The van der Waals surface area contributed by atoms with E-state index >= 15 is 0 Å². The zero-order chi connectivity index (χ0) is 10.3. The van der Waals surface area contributed by atoms with Gasteiger partial charge in [-0.05, 0) is 12.3 Å². The number of amides is 1. The number of hydrogen-bond acceptors (Lipinski definition) is 3. The first-order valence-corrected chi connectivity index (χ1v) is 6.06. The number of rotatable bonds is 3. The molecule has 0 aromatic carbocycles. The third kappa shape index (κ3) is 1.88. The van der Waals surface area contributed by atoms with Gasteiger partial charge in [-0.25, -0.2) is 0 Å². The highest BCUT2D eigenvalue weighted by molar-refractivity contribution is 5.84. The van der Waals surface area contributed by atoms with E-state index in [-0.39, 0.29) is 0 Å². The summed E-state index contributed by atoms with van der Waals surface area (Å²) in [6.07, 6.45) is 1.17. The Bertz CT molecular complexity index is 263. The Kier molecular flexibility index (Phi) is 2.41. The quantitative estimate of drug-likeness (QED) is 0.672. The van der Waals surface area contributed by atoms with E-state index in [1.54, 1.807) is 0 Å². The Labute approximate surface area is 90.6 Å². The van der Waals surface area contributed by atoms with Crippen LogP contribution in [-0.2, 0) is 4.79 Å². The number of carbonyl (C=O) groups is 1. The van der Waals surface area contributed by atoms with E-state index in [0.717, 1.165) is 51.7 Å². The summed E-state index contributed by atoms with van der Waals surface area (Å²) in [6, 6.07) is 0. The second kappa shape index (κ2) is 3.76. The molecule has 2 atom stereocenters. The molecule has 2 aliphatic heterocycles. The number of piperidine rings is 1. The predicted molar refractivity (Wildman–Crippen MR) is 57.5 cm³/mol. The molecule has 3 fully saturated rings. The number of nitrogens with zero attached hydrogens (tertiary/aromatic N) is 2. The third-order valence-electron chi connectivity index (χ3n) is 3.90. The van der Waals surface area contributed by atoms with Crippen LogP contribution in [0, 0.1) is 11.8 Å². The second-order valence-electron chi connectivity index (χ2n) is 4.98. The lowest BCUT2D eigenvalue weighted by atomic mass is 10.3. The molecule has 4 nitrogen and oxygen atoms in total. The molecule has 15 heavy (non-hydrogen) atoms. The highest BCUT2D eigenvalue weighted by Gasteiger charge is 2.51. The van der Waals surface area contributed by atoms with Crippen molar-refractivity contribution in [2.45, 2.75) is 6.42 Å². The molecule has 1 amide bonds. The fourth-order valence-electron chi connectivity index (χ4n) is 2.76. The summed E-state index contributed by atoms with van der Waals surface area (Å²) in [7, 11) is 0. The largest absolute Gasteiger partial charge is 0.341 e. The van der Waals surface area contributed by atoms with Gasteiger partial charge in [-0.15, -0.1) is 0 Å². The normalized spacial score (nSPS) is 35.7. The predicted octanol–water partition coefficient (Wildman–Crippen LogP) is -0.630. The molecule has 2 unspecified atom stereocenters. The molecule has 3 rings (SSSR count). The standard InChI is InChI=1S/C11H19N3O/c15-11-10-7-9(10)8-14(11)6-5-13-3-1-12-2-4-13/h9-10,12H,1-8H2. The lowest BCUT2D eigenvalue weighted by Gasteiger charge is -2.29. The number of fused-ring (bicyclic) bond motifs is 1. The molecule has 1 N–H and O–H groups in total. The van der Waals surface area contributed by atoms with Crippen LogP contribution in [0.4, 0.5) is 0 Å². The van der Waals surface area contributed by atoms with Crippen LogP contribution in [0.5, 0.6) is 0 Å². The topological polar surface area (TPSA) is 35.6 Å². The van der Waals surface area contributed by atoms with Gasteiger partial charge in [0.1, 0.15) is 0 Å². The summed E-state index contributed by atoms with van der Waals surface area (Å²) >= 11 is 0. The highest BCUT2D eigenvalue weighted by atomic mass is 16.2. The molecule has 0 radical (unpaired) electrons. The van der Waals surface area contributed by atoms with Gasteiger partial charge in [-0.2, -0.15) is 0 Å². The smallest absolute Gasteiger partial charge is 0.226 e. The molecular weight excluding hydrogens is 190 g/mol. The van der Waals surface area contributed by atoms with Crippen molar-refractivity contribution >= 4 is 5.91 Å². The van der Waals surface area contributed by atoms with Crippen molar-refractivity contribution in [2.75, 3.05) is 45.8 Å². The van der Waals surface area contributed by atoms with E-state index in [1.165, 1.54) is 6.42 Å². The van der Waals surface area contributed by atoms with E-state index in [0.29, 0.717) is 11.8 Å². The van der Waals surface area contributed by atoms with Gasteiger partial charge in [0.05, 0.1) is 0 Å². The zero-order valence-corrected chi connectivity index (χ0v) is 9.11. The molecule has 0 aromatic heterocycles. The molecule has 2 heterocycles. The van der Waals surface area contributed by atoms with Gasteiger partial charge >= 0.3 is 0 Å². The summed E-state index contributed by atoms with van der Waals surface area (Å²) in [6.45, 7) is 7.51. The van der Waals surface area contributed by atoms with Crippen LogP contribution in [0.3, 0.4) is 0 Å². The second-order valence-corrected chi connectivity index (χ2v) is 4.98. The Hall–Kier alpha value is -0.610. The van der Waals surface area contributed by atoms with Crippen molar-refractivity contribution in [1.82, 2.24) is 15.1 Å². The van der Waals surface area contributed by atoms with Crippen molar-refractivity contribution < 1.29 is 4.79 Å². The number of likely N-dealkylation sites (tertiary alicyclic amines) is 1. The van der Waals surface area contributed by atoms with Crippen LogP contribution in [0.25, 0.3) is 0 Å². The molecule has 0 aromatic rings. The lowest BCUT2D eigenvalue weighted by molar-refractivity contribution is -0.130. The Morgan fingerprint density at radius 1 is 1.27 bits per heavy atom. The van der Waals surface area contributed by atoms with E-state index in [2.05, 4.69) is 15.1 Å². The number of piperazine rings is 1. The van der Waals surface area contributed by atoms with Gasteiger partial charge in [-0.1, -0.05) is 0 Å². The fraction of sp³-hybridized carbons (Fsp3) is 0.909. The minimum absolute atomic E-state index is 0.424. The molecule has 1 saturated carbocycles. The Morgan fingerprint density at radius 2 is 2.07 bits per heavy atom. The van der Waals surface area contributed by atoms with Gasteiger partial charge in [0.2, 0.25) is 5.91 Å². The fourth-order valence-corrected chi connectivity index (χ4v) is 2.76. The van der Waals surface area contributed by atoms with Gasteiger partial charge < -0.3 is 10.2 Å². The summed E-state index contributed by atoms with van der Waals surface area (Å²) in [5, 5.41) is 3.34.